The highest BCUT2D eigenvalue weighted by Crippen LogP contribution is 2.31. The maximum atomic E-state index is 6.23. The summed E-state index contributed by atoms with van der Waals surface area (Å²) >= 11 is 13.9. The fraction of sp³-hybridized carbons (Fsp3) is 0.484. The van der Waals surface area contributed by atoms with Gasteiger partial charge in [0.15, 0.2) is 0 Å². The molecule has 2 atom stereocenters. The summed E-state index contributed by atoms with van der Waals surface area (Å²) in [5.74, 6) is 1.42. The van der Waals surface area contributed by atoms with Gasteiger partial charge < -0.3 is 9.64 Å². The Kier molecular flexibility index (Phi) is 11.3. The third kappa shape index (κ3) is 8.81. The Morgan fingerprint density at radius 1 is 1.00 bits per heavy atom. The van der Waals surface area contributed by atoms with Crippen LogP contribution in [0.4, 0.5) is 0 Å². The lowest BCUT2D eigenvalue weighted by atomic mass is 9.88. The van der Waals surface area contributed by atoms with Crippen LogP contribution in [0.5, 0.6) is 0 Å². The number of benzene rings is 2. The van der Waals surface area contributed by atoms with Crippen LogP contribution in [0.15, 0.2) is 65.4 Å². The molecule has 0 bridgehead atoms. The zero-order valence-electron chi connectivity index (χ0n) is 22.1. The van der Waals surface area contributed by atoms with E-state index in [-0.39, 0.29) is 0 Å². The van der Waals surface area contributed by atoms with Gasteiger partial charge >= 0.3 is 0 Å². The van der Waals surface area contributed by atoms with E-state index in [0.717, 1.165) is 49.0 Å². The molecule has 0 radical (unpaired) electrons. The Morgan fingerprint density at radius 2 is 1.78 bits per heavy atom. The largest absolute Gasteiger partial charge is 0.381 e. The first-order valence-corrected chi connectivity index (χ1v) is 15.2. The van der Waals surface area contributed by atoms with Gasteiger partial charge in [0.2, 0.25) is 0 Å². The fourth-order valence-electron chi connectivity index (χ4n) is 5.55. The van der Waals surface area contributed by atoms with Gasteiger partial charge in [-0.3, -0.25) is 4.90 Å². The van der Waals surface area contributed by atoms with E-state index >= 15 is 0 Å². The molecule has 2 fully saturated rings. The third-order valence-corrected chi connectivity index (χ3v) is 9.14. The van der Waals surface area contributed by atoms with Crippen molar-refractivity contribution in [3.8, 4) is 0 Å². The van der Waals surface area contributed by atoms with E-state index in [1.54, 1.807) is 11.3 Å². The normalized spacial score (nSPS) is 19.9. The molecule has 0 amide bonds. The van der Waals surface area contributed by atoms with Gasteiger partial charge in [-0.05, 0) is 116 Å². The van der Waals surface area contributed by atoms with E-state index in [4.69, 9.17) is 27.9 Å². The molecule has 0 aliphatic carbocycles. The Morgan fingerprint density at radius 3 is 2.46 bits per heavy atom. The van der Waals surface area contributed by atoms with Crippen LogP contribution in [0, 0.1) is 5.92 Å². The standard InChI is InChI=1S/C16H25NO.C15H15Cl2NS/c1-17-12-10-15(11-13-17)16(18-2)9-8-14-6-4-3-5-7-14;16-14-2-1-12(15(17)7-14)9-18-5-3-11(8-18)13-4-6-19-10-13/h3-7,15-16H,8-13H2,1-2H3;1-2,4,6-7,10-11H,3,5,8-9H2/t;11-/m.1/s1. The second kappa shape index (κ2) is 14.7. The minimum atomic E-state index is 0.430. The Hall–Kier alpha value is -1.40. The number of methoxy groups -OCH3 is 1. The molecule has 3 nitrogen and oxygen atoms in total. The monoisotopic (exact) mass is 558 g/mol. The summed E-state index contributed by atoms with van der Waals surface area (Å²) in [7, 11) is 4.08. The average molecular weight is 560 g/mol. The van der Waals surface area contributed by atoms with Crippen molar-refractivity contribution in [1.82, 2.24) is 9.80 Å². The molecule has 200 valence electrons. The van der Waals surface area contributed by atoms with Crippen molar-refractivity contribution in [1.29, 1.82) is 0 Å². The molecule has 1 aromatic heterocycles. The van der Waals surface area contributed by atoms with Crippen molar-refractivity contribution in [3.63, 3.8) is 0 Å². The number of nitrogens with zero attached hydrogens (tertiary/aromatic N) is 2. The first-order valence-electron chi connectivity index (χ1n) is 13.5. The van der Waals surface area contributed by atoms with Gasteiger partial charge in [-0.15, -0.1) is 0 Å². The van der Waals surface area contributed by atoms with E-state index < -0.39 is 0 Å². The van der Waals surface area contributed by atoms with Crippen molar-refractivity contribution in [2.45, 2.75) is 50.7 Å². The number of piperidine rings is 1. The van der Waals surface area contributed by atoms with Crippen LogP contribution in [0.2, 0.25) is 10.0 Å². The second-order valence-corrected chi connectivity index (χ2v) is 12.1. The Balaban J connectivity index is 0.000000173. The fourth-order valence-corrected chi connectivity index (χ4v) is 6.76. The van der Waals surface area contributed by atoms with Crippen molar-refractivity contribution >= 4 is 34.5 Å². The summed E-state index contributed by atoms with van der Waals surface area (Å²) in [4.78, 5) is 4.89. The van der Waals surface area contributed by atoms with E-state index in [1.807, 2.05) is 25.3 Å². The number of ether oxygens (including phenoxy) is 1. The Bertz CT molecular complexity index is 1050. The Labute approximate surface area is 237 Å². The van der Waals surface area contributed by atoms with E-state index in [2.05, 4.69) is 64.0 Å². The lowest BCUT2D eigenvalue weighted by Gasteiger charge is -2.33. The van der Waals surface area contributed by atoms with Gasteiger partial charge in [0.1, 0.15) is 0 Å². The van der Waals surface area contributed by atoms with Gasteiger partial charge in [0.05, 0.1) is 6.10 Å². The first kappa shape index (κ1) is 28.6. The second-order valence-electron chi connectivity index (χ2n) is 10.5. The minimum absolute atomic E-state index is 0.430. The average Bonchev–Trinajstić information content (AvgIpc) is 3.61. The van der Waals surface area contributed by atoms with Crippen molar-refractivity contribution in [3.05, 3.63) is 92.1 Å². The molecule has 1 unspecified atom stereocenters. The molecular weight excluding hydrogens is 519 g/mol. The highest BCUT2D eigenvalue weighted by atomic mass is 35.5. The molecule has 2 saturated heterocycles. The summed E-state index contributed by atoms with van der Waals surface area (Å²) < 4.78 is 5.73. The predicted molar refractivity (Wildman–Crippen MR) is 159 cm³/mol. The molecule has 6 heteroatoms. The van der Waals surface area contributed by atoms with E-state index in [1.165, 1.54) is 43.5 Å². The van der Waals surface area contributed by atoms with Crippen molar-refractivity contribution in [2.75, 3.05) is 40.3 Å². The van der Waals surface area contributed by atoms with Crippen LogP contribution < -0.4 is 0 Å². The zero-order valence-corrected chi connectivity index (χ0v) is 24.4. The van der Waals surface area contributed by atoms with Gasteiger partial charge in [-0.25, -0.2) is 0 Å². The topological polar surface area (TPSA) is 15.7 Å². The summed E-state index contributed by atoms with van der Waals surface area (Å²) in [6.45, 7) is 5.61. The molecule has 2 aliphatic rings. The highest BCUT2D eigenvalue weighted by molar-refractivity contribution is 7.08. The van der Waals surface area contributed by atoms with Crippen molar-refractivity contribution in [2.24, 2.45) is 5.92 Å². The molecule has 0 N–H and O–H groups in total. The quantitative estimate of drug-likeness (QED) is 0.278. The summed E-state index contributed by atoms with van der Waals surface area (Å²) in [5, 5.41) is 5.90. The molecule has 0 saturated carbocycles. The van der Waals surface area contributed by atoms with Gasteiger partial charge in [-0.2, -0.15) is 11.3 Å². The summed E-state index contributed by atoms with van der Waals surface area (Å²) in [6, 6.07) is 18.7. The number of rotatable bonds is 8. The van der Waals surface area contributed by atoms with Crippen molar-refractivity contribution < 1.29 is 4.74 Å². The first-order chi connectivity index (χ1) is 18.0. The molecule has 3 heterocycles. The molecule has 2 aliphatic heterocycles. The third-order valence-electron chi connectivity index (χ3n) is 7.85. The van der Waals surface area contributed by atoms with Crippen LogP contribution >= 0.6 is 34.5 Å². The number of thiophene rings is 1. The van der Waals surface area contributed by atoms with Crippen LogP contribution in [-0.4, -0.2) is 56.2 Å². The van der Waals surface area contributed by atoms with E-state index in [0.29, 0.717) is 17.0 Å². The predicted octanol–water partition coefficient (Wildman–Crippen LogP) is 8.02. The number of aryl methyl sites for hydroxylation is 1. The minimum Gasteiger partial charge on any atom is -0.381 e. The molecule has 0 spiro atoms. The molecule has 3 aromatic rings. The maximum Gasteiger partial charge on any atom is 0.0603 e. The number of hydrogen-bond donors (Lipinski definition) is 0. The number of hydrogen-bond acceptors (Lipinski definition) is 4. The number of likely N-dealkylation sites (tertiary alicyclic amines) is 2. The van der Waals surface area contributed by atoms with Gasteiger partial charge in [-0.1, -0.05) is 59.6 Å². The van der Waals surface area contributed by atoms with Crippen LogP contribution in [0.1, 0.15) is 48.3 Å². The van der Waals surface area contributed by atoms with Gasteiger partial charge in [0, 0.05) is 30.2 Å². The molecule has 37 heavy (non-hydrogen) atoms. The highest BCUT2D eigenvalue weighted by Gasteiger charge is 2.25. The molecule has 5 rings (SSSR count). The smallest absolute Gasteiger partial charge is 0.0603 e. The molecular formula is C31H40Cl2N2OS. The zero-order chi connectivity index (χ0) is 26.0. The summed E-state index contributed by atoms with van der Waals surface area (Å²) in [5.41, 5.74) is 4.07. The van der Waals surface area contributed by atoms with E-state index in [9.17, 15) is 0 Å². The van der Waals surface area contributed by atoms with Gasteiger partial charge in [0.25, 0.3) is 0 Å². The maximum absolute atomic E-state index is 6.23. The van der Waals surface area contributed by atoms with Crippen LogP contribution in [-0.2, 0) is 17.7 Å². The number of halogens is 2. The summed E-state index contributed by atoms with van der Waals surface area (Å²) in [6.07, 6.45) is 6.51. The lowest BCUT2D eigenvalue weighted by molar-refractivity contribution is 0.0201. The molecule has 2 aromatic carbocycles. The SMILES string of the molecule is COC(CCc1ccccc1)C1CCN(C)CC1.Clc1ccc(CN2CC[C@@H](c3ccsc3)C2)c(Cl)c1. The van der Waals surface area contributed by atoms with Crippen LogP contribution in [0.25, 0.3) is 0 Å². The van der Waals surface area contributed by atoms with Crippen LogP contribution in [0.3, 0.4) is 0 Å². The lowest BCUT2D eigenvalue weighted by Crippen LogP contribution is -2.36.